The Morgan fingerprint density at radius 2 is 2.00 bits per heavy atom. The Kier molecular flexibility index (Phi) is 5.02. The topological polar surface area (TPSA) is 76.9 Å². The van der Waals surface area contributed by atoms with Gasteiger partial charge in [0.05, 0.1) is 17.5 Å². The number of nitrogens with zero attached hydrogens (tertiary/aromatic N) is 3. The molecule has 2 heterocycles. The number of aldehydes is 1. The lowest BCUT2D eigenvalue weighted by Crippen LogP contribution is -2.12. The Morgan fingerprint density at radius 1 is 1.19 bits per heavy atom. The van der Waals surface area contributed by atoms with E-state index in [1.165, 1.54) is 36.9 Å². The monoisotopic (exact) mass is 374 g/mol. The number of alkyl halides is 3. The van der Waals surface area contributed by atoms with Crippen molar-refractivity contribution in [3.63, 3.8) is 0 Å². The van der Waals surface area contributed by atoms with E-state index in [1.807, 2.05) is 0 Å². The molecule has 6 nitrogen and oxygen atoms in total. The highest BCUT2D eigenvalue weighted by Gasteiger charge is 2.30. The molecule has 0 bridgehead atoms. The predicted molar refractivity (Wildman–Crippen MR) is 90.4 cm³/mol. The van der Waals surface area contributed by atoms with Gasteiger partial charge in [-0.15, -0.1) is 0 Å². The van der Waals surface area contributed by atoms with Gasteiger partial charge < -0.3 is 9.88 Å². The number of anilines is 1. The molecule has 2 aromatic heterocycles. The van der Waals surface area contributed by atoms with Crippen LogP contribution in [0.5, 0.6) is 0 Å². The number of nitrogens with one attached hydrogen (secondary N) is 1. The number of hydrogen-bond donors (Lipinski definition) is 1. The van der Waals surface area contributed by atoms with E-state index in [2.05, 4.69) is 15.3 Å². The zero-order chi connectivity index (χ0) is 19.4. The molecule has 3 aromatic rings. The first-order chi connectivity index (χ1) is 12.8. The van der Waals surface area contributed by atoms with Gasteiger partial charge in [-0.25, -0.2) is 4.98 Å². The third-order valence-electron chi connectivity index (χ3n) is 3.66. The number of pyridine rings is 1. The van der Waals surface area contributed by atoms with Crippen molar-refractivity contribution in [3.05, 3.63) is 77.5 Å². The number of benzene rings is 1. The number of carbonyl (C=O) groups is 2. The van der Waals surface area contributed by atoms with Crippen LogP contribution in [0.25, 0.3) is 0 Å². The minimum Gasteiger partial charge on any atom is -0.331 e. The molecule has 0 radical (unpaired) electrons. The van der Waals surface area contributed by atoms with Crippen LogP contribution in [0.15, 0.2) is 55.1 Å². The van der Waals surface area contributed by atoms with Gasteiger partial charge in [-0.1, -0.05) is 12.1 Å². The molecule has 0 saturated carbocycles. The molecule has 27 heavy (non-hydrogen) atoms. The predicted octanol–water partition coefficient (Wildman–Crippen LogP) is 3.41. The summed E-state index contributed by atoms with van der Waals surface area (Å²) < 4.78 is 39.9. The van der Waals surface area contributed by atoms with Crippen LogP contribution in [0.4, 0.5) is 19.0 Å². The Labute approximate surface area is 151 Å². The average Bonchev–Trinajstić information content (AvgIpc) is 3.08. The standard InChI is InChI=1S/C18H13F3N4O2/c19-18(20,21)14-3-1-2-12(6-14)8-25-9-16(23-11-25)24-17(27)13-4-5-15(10-26)22-7-13/h1-7,9-11H,8H2,(H,24,27). The lowest BCUT2D eigenvalue weighted by atomic mass is 10.1. The van der Waals surface area contributed by atoms with Crippen molar-refractivity contribution in [2.45, 2.75) is 12.7 Å². The van der Waals surface area contributed by atoms with Crippen LogP contribution < -0.4 is 5.32 Å². The second kappa shape index (κ2) is 7.40. The van der Waals surface area contributed by atoms with E-state index < -0.39 is 17.6 Å². The molecule has 138 valence electrons. The largest absolute Gasteiger partial charge is 0.416 e. The van der Waals surface area contributed by atoms with Crippen LogP contribution in [-0.2, 0) is 12.7 Å². The van der Waals surface area contributed by atoms with E-state index in [1.54, 1.807) is 10.6 Å². The van der Waals surface area contributed by atoms with Crippen LogP contribution in [0.3, 0.4) is 0 Å². The second-order valence-electron chi connectivity index (χ2n) is 5.67. The number of hydrogen-bond acceptors (Lipinski definition) is 4. The molecule has 1 amide bonds. The van der Waals surface area contributed by atoms with E-state index in [9.17, 15) is 22.8 Å². The first-order valence-corrected chi connectivity index (χ1v) is 7.75. The molecule has 0 atom stereocenters. The summed E-state index contributed by atoms with van der Waals surface area (Å²) in [5.74, 6) is -0.226. The Balaban J connectivity index is 1.68. The fourth-order valence-corrected chi connectivity index (χ4v) is 2.37. The van der Waals surface area contributed by atoms with Gasteiger partial charge in [-0.05, 0) is 29.8 Å². The van der Waals surface area contributed by atoms with Crippen LogP contribution in [0, 0.1) is 0 Å². The number of imidazole rings is 1. The maximum absolute atomic E-state index is 12.8. The minimum atomic E-state index is -4.41. The average molecular weight is 374 g/mol. The van der Waals surface area contributed by atoms with Crippen LogP contribution in [0.2, 0.25) is 0 Å². The van der Waals surface area contributed by atoms with Crippen LogP contribution in [-0.4, -0.2) is 26.7 Å². The van der Waals surface area contributed by atoms with Crippen molar-refractivity contribution >= 4 is 18.0 Å². The Hall–Kier alpha value is -3.49. The number of halogens is 3. The third kappa shape index (κ3) is 4.57. The molecule has 0 aliphatic carbocycles. The molecular weight excluding hydrogens is 361 g/mol. The third-order valence-corrected chi connectivity index (χ3v) is 3.66. The van der Waals surface area contributed by atoms with Gasteiger partial charge in [-0.2, -0.15) is 13.2 Å². The van der Waals surface area contributed by atoms with Crippen molar-refractivity contribution in [1.82, 2.24) is 14.5 Å². The highest BCUT2D eigenvalue weighted by atomic mass is 19.4. The first kappa shape index (κ1) is 18.3. The van der Waals surface area contributed by atoms with E-state index >= 15 is 0 Å². The van der Waals surface area contributed by atoms with E-state index in [0.29, 0.717) is 11.8 Å². The quantitative estimate of drug-likeness (QED) is 0.695. The molecule has 0 saturated heterocycles. The zero-order valence-electron chi connectivity index (χ0n) is 13.8. The number of amides is 1. The summed E-state index contributed by atoms with van der Waals surface area (Å²) in [6.07, 6.45) is 0.336. The van der Waals surface area contributed by atoms with Gasteiger partial charge >= 0.3 is 6.18 Å². The molecule has 9 heteroatoms. The van der Waals surface area contributed by atoms with Gasteiger partial charge in [-0.3, -0.25) is 14.6 Å². The summed E-state index contributed by atoms with van der Waals surface area (Å²) in [5.41, 5.74) is 0.179. The fourth-order valence-electron chi connectivity index (χ4n) is 2.37. The van der Waals surface area contributed by atoms with Crippen molar-refractivity contribution in [2.24, 2.45) is 0 Å². The summed E-state index contributed by atoms with van der Waals surface area (Å²) >= 11 is 0. The zero-order valence-corrected chi connectivity index (χ0v) is 13.8. The molecular formula is C18H13F3N4O2. The van der Waals surface area contributed by atoms with Gasteiger partial charge in [0.1, 0.15) is 5.69 Å². The van der Waals surface area contributed by atoms with Gasteiger partial charge in [0, 0.05) is 18.9 Å². The van der Waals surface area contributed by atoms with E-state index in [4.69, 9.17) is 0 Å². The second-order valence-corrected chi connectivity index (χ2v) is 5.67. The molecule has 1 aromatic carbocycles. The number of aromatic nitrogens is 3. The first-order valence-electron chi connectivity index (χ1n) is 7.75. The summed E-state index contributed by atoms with van der Waals surface area (Å²) in [6, 6.07) is 7.85. The van der Waals surface area contributed by atoms with Crippen molar-refractivity contribution in [3.8, 4) is 0 Å². The van der Waals surface area contributed by atoms with Crippen molar-refractivity contribution < 1.29 is 22.8 Å². The highest BCUT2D eigenvalue weighted by molar-refractivity contribution is 6.03. The van der Waals surface area contributed by atoms with Crippen LogP contribution in [0.1, 0.15) is 32.0 Å². The maximum Gasteiger partial charge on any atom is 0.416 e. The summed E-state index contributed by atoms with van der Waals surface area (Å²) in [6.45, 7) is 0.169. The molecule has 0 spiro atoms. The van der Waals surface area contributed by atoms with E-state index in [0.717, 1.165) is 12.1 Å². The molecule has 0 fully saturated rings. The molecule has 0 aliphatic rings. The normalized spacial score (nSPS) is 11.2. The summed E-state index contributed by atoms with van der Waals surface area (Å²) in [5, 5.41) is 2.56. The molecule has 0 aliphatic heterocycles. The SMILES string of the molecule is O=Cc1ccc(C(=O)Nc2cn(Cc3cccc(C(F)(F)F)c3)cn2)cn1. The van der Waals surface area contributed by atoms with Gasteiger partial charge in [0.2, 0.25) is 0 Å². The summed E-state index contributed by atoms with van der Waals surface area (Å²) in [4.78, 5) is 30.5. The van der Waals surface area contributed by atoms with Gasteiger partial charge in [0.15, 0.2) is 12.1 Å². The Morgan fingerprint density at radius 3 is 2.67 bits per heavy atom. The Bertz CT molecular complexity index is 965. The number of carbonyl (C=O) groups excluding carboxylic acids is 2. The lowest BCUT2D eigenvalue weighted by Gasteiger charge is -2.09. The molecule has 1 N–H and O–H groups in total. The minimum absolute atomic E-state index is 0.169. The van der Waals surface area contributed by atoms with Gasteiger partial charge in [0.25, 0.3) is 5.91 Å². The fraction of sp³-hybridized carbons (Fsp3) is 0.111. The van der Waals surface area contributed by atoms with Crippen molar-refractivity contribution in [2.75, 3.05) is 5.32 Å². The summed E-state index contributed by atoms with van der Waals surface area (Å²) in [7, 11) is 0. The smallest absolute Gasteiger partial charge is 0.331 e. The van der Waals surface area contributed by atoms with Crippen molar-refractivity contribution in [1.29, 1.82) is 0 Å². The maximum atomic E-state index is 12.8. The highest BCUT2D eigenvalue weighted by Crippen LogP contribution is 2.29. The lowest BCUT2D eigenvalue weighted by molar-refractivity contribution is -0.137. The van der Waals surface area contributed by atoms with Crippen LogP contribution >= 0.6 is 0 Å². The molecule has 0 unspecified atom stereocenters. The molecule has 3 rings (SSSR count). The van der Waals surface area contributed by atoms with E-state index in [-0.39, 0.29) is 23.6 Å². The number of rotatable bonds is 5.